The Morgan fingerprint density at radius 2 is 1.33 bits per heavy atom. The number of carbonyl (C=O) groups is 2. The van der Waals surface area contributed by atoms with Gasteiger partial charge in [-0.3, -0.25) is 19.4 Å². The Morgan fingerprint density at radius 3 is 2.07 bits per heavy atom. The second-order valence-corrected chi connectivity index (χ2v) is 6.91. The van der Waals surface area contributed by atoms with Crippen molar-refractivity contribution in [2.24, 2.45) is 0 Å². The molecule has 0 saturated carbocycles. The van der Waals surface area contributed by atoms with E-state index in [2.05, 4.69) is 0 Å². The first-order valence-electron chi connectivity index (χ1n) is 9.11. The minimum absolute atomic E-state index is 0.0414. The molecular formula is C23H18N2O2. The molecule has 0 aliphatic carbocycles. The summed E-state index contributed by atoms with van der Waals surface area (Å²) in [5.74, 6) is -0.0358. The van der Waals surface area contributed by atoms with E-state index in [1.165, 1.54) is 0 Å². The SMILES string of the molecule is O=C1c2ccccc2N2C(=O)CCC2(c2ccccc2)N1c1ccccc1. The first-order valence-corrected chi connectivity index (χ1v) is 9.11. The fourth-order valence-electron chi connectivity index (χ4n) is 4.41. The van der Waals surface area contributed by atoms with Gasteiger partial charge >= 0.3 is 0 Å². The molecule has 1 fully saturated rings. The van der Waals surface area contributed by atoms with Crippen LogP contribution in [0.15, 0.2) is 84.9 Å². The summed E-state index contributed by atoms with van der Waals surface area (Å²) < 4.78 is 0. The maximum atomic E-state index is 13.6. The number of carbonyl (C=O) groups excluding carboxylic acids is 2. The topological polar surface area (TPSA) is 40.6 Å². The van der Waals surface area contributed by atoms with E-state index in [0.29, 0.717) is 24.1 Å². The van der Waals surface area contributed by atoms with Gasteiger partial charge in [0.05, 0.1) is 11.3 Å². The summed E-state index contributed by atoms with van der Waals surface area (Å²) in [5.41, 5.74) is 2.15. The largest absolute Gasteiger partial charge is 0.283 e. The highest BCUT2D eigenvalue weighted by Gasteiger charge is 2.57. The van der Waals surface area contributed by atoms with Crippen LogP contribution in [0.4, 0.5) is 11.4 Å². The van der Waals surface area contributed by atoms with Crippen molar-refractivity contribution >= 4 is 23.2 Å². The Labute approximate surface area is 157 Å². The molecule has 5 rings (SSSR count). The second-order valence-electron chi connectivity index (χ2n) is 6.91. The Kier molecular flexibility index (Phi) is 3.41. The number of rotatable bonds is 2. The van der Waals surface area contributed by atoms with Crippen molar-refractivity contribution in [3.8, 4) is 0 Å². The zero-order valence-corrected chi connectivity index (χ0v) is 14.7. The van der Waals surface area contributed by atoms with Crippen molar-refractivity contribution in [1.82, 2.24) is 0 Å². The van der Waals surface area contributed by atoms with Gasteiger partial charge in [0, 0.05) is 18.5 Å². The maximum absolute atomic E-state index is 13.6. The van der Waals surface area contributed by atoms with Crippen molar-refractivity contribution in [2.45, 2.75) is 18.5 Å². The summed E-state index contributed by atoms with van der Waals surface area (Å²) >= 11 is 0. The third kappa shape index (κ3) is 2.10. The summed E-state index contributed by atoms with van der Waals surface area (Å²) in [7, 11) is 0. The highest BCUT2D eigenvalue weighted by molar-refractivity contribution is 6.18. The lowest BCUT2D eigenvalue weighted by Gasteiger charge is -2.50. The van der Waals surface area contributed by atoms with Gasteiger partial charge in [0.2, 0.25) is 5.91 Å². The number of amides is 2. The van der Waals surface area contributed by atoms with Crippen molar-refractivity contribution < 1.29 is 9.59 Å². The van der Waals surface area contributed by atoms with Gasteiger partial charge in [-0.15, -0.1) is 0 Å². The lowest BCUT2D eigenvalue weighted by Crippen LogP contribution is -2.62. The van der Waals surface area contributed by atoms with Gasteiger partial charge < -0.3 is 0 Å². The molecule has 2 aliphatic heterocycles. The van der Waals surface area contributed by atoms with Crippen LogP contribution in [0, 0.1) is 0 Å². The zero-order chi connectivity index (χ0) is 18.4. The molecule has 4 heteroatoms. The molecule has 2 amide bonds. The molecule has 2 aliphatic rings. The molecule has 3 aromatic rings. The molecule has 3 aromatic carbocycles. The summed E-state index contributed by atoms with van der Waals surface area (Å²) in [5, 5.41) is 0. The molecule has 0 aromatic heterocycles. The van der Waals surface area contributed by atoms with Gasteiger partial charge in [-0.2, -0.15) is 0 Å². The summed E-state index contributed by atoms with van der Waals surface area (Å²) in [4.78, 5) is 30.3. The quantitative estimate of drug-likeness (QED) is 0.687. The smallest absolute Gasteiger partial charge is 0.262 e. The predicted molar refractivity (Wildman–Crippen MR) is 105 cm³/mol. The third-order valence-corrected chi connectivity index (χ3v) is 5.51. The van der Waals surface area contributed by atoms with E-state index >= 15 is 0 Å². The average Bonchev–Trinajstić information content (AvgIpc) is 3.08. The molecule has 1 saturated heterocycles. The van der Waals surface area contributed by atoms with Crippen LogP contribution in [-0.2, 0) is 10.5 Å². The van der Waals surface area contributed by atoms with E-state index in [4.69, 9.17) is 0 Å². The van der Waals surface area contributed by atoms with Crippen molar-refractivity contribution in [1.29, 1.82) is 0 Å². The third-order valence-electron chi connectivity index (χ3n) is 5.51. The highest BCUT2D eigenvalue weighted by Crippen LogP contribution is 2.51. The lowest BCUT2D eigenvalue weighted by molar-refractivity contribution is -0.117. The van der Waals surface area contributed by atoms with E-state index in [1.54, 1.807) is 11.0 Å². The Hall–Kier alpha value is -3.40. The molecule has 27 heavy (non-hydrogen) atoms. The van der Waals surface area contributed by atoms with E-state index < -0.39 is 5.66 Å². The van der Waals surface area contributed by atoms with Gasteiger partial charge in [-0.05, 0) is 29.8 Å². The Morgan fingerprint density at radius 1 is 0.704 bits per heavy atom. The van der Waals surface area contributed by atoms with Crippen molar-refractivity contribution in [3.63, 3.8) is 0 Å². The van der Waals surface area contributed by atoms with E-state index in [0.717, 1.165) is 11.3 Å². The van der Waals surface area contributed by atoms with Gasteiger partial charge in [0.1, 0.15) is 0 Å². The Bertz CT molecular complexity index is 1030. The zero-order valence-electron chi connectivity index (χ0n) is 14.7. The van der Waals surface area contributed by atoms with E-state index in [1.807, 2.05) is 83.8 Å². The van der Waals surface area contributed by atoms with Crippen LogP contribution in [0.5, 0.6) is 0 Å². The molecule has 0 radical (unpaired) electrons. The van der Waals surface area contributed by atoms with Crippen molar-refractivity contribution in [2.75, 3.05) is 9.80 Å². The van der Waals surface area contributed by atoms with Crippen LogP contribution >= 0.6 is 0 Å². The van der Waals surface area contributed by atoms with Crippen molar-refractivity contribution in [3.05, 3.63) is 96.1 Å². The first-order chi connectivity index (χ1) is 13.2. The molecule has 1 unspecified atom stereocenters. The van der Waals surface area contributed by atoms with Crippen LogP contribution < -0.4 is 9.80 Å². The number of benzene rings is 3. The van der Waals surface area contributed by atoms with Crippen LogP contribution in [-0.4, -0.2) is 11.8 Å². The fraction of sp³-hybridized carbons (Fsp3) is 0.130. The summed E-state index contributed by atoms with van der Waals surface area (Å²) in [6.07, 6.45) is 0.963. The number of fused-ring (bicyclic) bond motifs is 3. The lowest BCUT2D eigenvalue weighted by atomic mass is 9.89. The molecule has 1 atom stereocenters. The minimum atomic E-state index is -0.842. The normalized spacial score (nSPS) is 21.2. The van der Waals surface area contributed by atoms with E-state index in [9.17, 15) is 9.59 Å². The predicted octanol–water partition coefficient (Wildman–Crippen LogP) is 4.33. The molecule has 0 spiro atoms. The molecule has 0 bridgehead atoms. The fourth-order valence-corrected chi connectivity index (χ4v) is 4.41. The molecular weight excluding hydrogens is 336 g/mol. The van der Waals surface area contributed by atoms with Gasteiger partial charge in [0.25, 0.3) is 5.91 Å². The molecule has 4 nitrogen and oxygen atoms in total. The number of hydrogen-bond acceptors (Lipinski definition) is 2. The van der Waals surface area contributed by atoms with Crippen LogP contribution in [0.25, 0.3) is 0 Å². The molecule has 2 heterocycles. The van der Waals surface area contributed by atoms with Gasteiger partial charge in [-0.25, -0.2) is 0 Å². The molecule has 132 valence electrons. The number of nitrogens with zero attached hydrogens (tertiary/aromatic N) is 2. The summed E-state index contributed by atoms with van der Waals surface area (Å²) in [6, 6.07) is 26.9. The number of anilines is 2. The van der Waals surface area contributed by atoms with Crippen LogP contribution in [0.3, 0.4) is 0 Å². The second kappa shape index (κ2) is 5.81. The number of hydrogen-bond donors (Lipinski definition) is 0. The first kappa shape index (κ1) is 15.8. The summed E-state index contributed by atoms with van der Waals surface area (Å²) in [6.45, 7) is 0. The van der Waals surface area contributed by atoms with Crippen LogP contribution in [0.1, 0.15) is 28.8 Å². The Balaban J connectivity index is 1.86. The highest BCUT2D eigenvalue weighted by atomic mass is 16.2. The van der Waals surface area contributed by atoms with E-state index in [-0.39, 0.29) is 11.8 Å². The monoisotopic (exact) mass is 354 g/mol. The average molecular weight is 354 g/mol. The standard InChI is InChI=1S/C23H18N2O2/c26-21-15-16-23(17-9-3-1-4-10-17)24(18-11-5-2-6-12-18)22(27)19-13-7-8-14-20(19)25(21)23/h1-14H,15-16H2. The molecule has 0 N–H and O–H groups in total. The van der Waals surface area contributed by atoms with Crippen LogP contribution in [0.2, 0.25) is 0 Å². The van der Waals surface area contributed by atoms with Gasteiger partial charge in [0.15, 0.2) is 5.66 Å². The number of para-hydroxylation sites is 2. The maximum Gasteiger partial charge on any atom is 0.262 e. The minimum Gasteiger partial charge on any atom is -0.283 e. The van der Waals surface area contributed by atoms with Gasteiger partial charge in [-0.1, -0.05) is 60.7 Å².